The Morgan fingerprint density at radius 2 is 1.57 bits per heavy atom. The summed E-state index contributed by atoms with van der Waals surface area (Å²) >= 11 is 1.55. The summed E-state index contributed by atoms with van der Waals surface area (Å²) in [6, 6.07) is 17.8. The lowest BCUT2D eigenvalue weighted by molar-refractivity contribution is 0.933. The molecule has 0 bridgehead atoms. The monoisotopic (exact) mass is 387 g/mol. The van der Waals surface area contributed by atoms with Crippen LogP contribution in [0.15, 0.2) is 59.8 Å². The molecule has 0 aliphatic heterocycles. The van der Waals surface area contributed by atoms with Crippen LogP contribution in [0, 0.1) is 6.92 Å². The van der Waals surface area contributed by atoms with Crippen molar-refractivity contribution in [1.82, 2.24) is 29.9 Å². The quantitative estimate of drug-likeness (QED) is 0.302. The molecule has 0 saturated heterocycles. The Morgan fingerprint density at radius 1 is 0.857 bits per heavy atom. The minimum atomic E-state index is 0.660. The first kappa shape index (κ1) is 16.8. The van der Waals surface area contributed by atoms with Crippen LogP contribution in [0.3, 0.4) is 0 Å². The van der Waals surface area contributed by atoms with Gasteiger partial charge in [-0.15, -0.1) is 0 Å². The predicted molar refractivity (Wildman–Crippen MR) is 112 cm³/mol. The van der Waals surface area contributed by atoms with Gasteiger partial charge in [-0.3, -0.25) is 0 Å². The number of H-pyrrole nitrogens is 2. The zero-order valence-corrected chi connectivity index (χ0v) is 15.9. The highest BCUT2D eigenvalue weighted by molar-refractivity contribution is 7.98. The molecule has 8 heteroatoms. The van der Waals surface area contributed by atoms with Gasteiger partial charge in [-0.25, -0.2) is 19.9 Å². The molecule has 0 unspecified atom stereocenters. The zero-order chi connectivity index (χ0) is 18.9. The van der Waals surface area contributed by atoms with Gasteiger partial charge in [-0.1, -0.05) is 36.0 Å². The predicted octanol–water partition coefficient (Wildman–Crippen LogP) is 4.57. The maximum absolute atomic E-state index is 4.61. The van der Waals surface area contributed by atoms with Crippen molar-refractivity contribution in [2.75, 3.05) is 5.32 Å². The van der Waals surface area contributed by atoms with Crippen molar-refractivity contribution >= 4 is 45.6 Å². The van der Waals surface area contributed by atoms with Crippen LogP contribution in [0.1, 0.15) is 11.5 Å². The lowest BCUT2D eigenvalue weighted by atomic mass is 10.3. The number of benzene rings is 2. The second kappa shape index (κ2) is 6.97. The van der Waals surface area contributed by atoms with E-state index in [1.165, 1.54) is 0 Å². The number of aromatic amines is 2. The Kier molecular flexibility index (Phi) is 4.17. The first-order valence-corrected chi connectivity index (χ1v) is 9.85. The van der Waals surface area contributed by atoms with E-state index in [9.17, 15) is 0 Å². The summed E-state index contributed by atoms with van der Waals surface area (Å²) in [4.78, 5) is 24.9. The van der Waals surface area contributed by atoms with Crippen molar-refractivity contribution in [3.05, 3.63) is 66.1 Å². The molecule has 0 amide bonds. The highest BCUT2D eigenvalue weighted by atomic mass is 32.2. The number of thioether (sulfide) groups is 1. The summed E-state index contributed by atoms with van der Waals surface area (Å²) in [5, 5.41) is 3.93. The van der Waals surface area contributed by atoms with Crippen molar-refractivity contribution in [2.24, 2.45) is 0 Å². The Balaban J connectivity index is 1.34. The first-order valence-electron chi connectivity index (χ1n) is 8.87. The number of fused-ring (bicyclic) bond motifs is 2. The molecule has 3 N–H and O–H groups in total. The standard InChI is InChI=1S/C20H17N7S/c1-12-10-17(26-19-24-15-8-4-5-9-16(15)25-19)27-20(21-12)28-11-18-22-13-6-2-3-7-14(13)23-18/h2-10H,11H2,1H3,(H,22,23)(H2,21,24,25,26,27). The highest BCUT2D eigenvalue weighted by Gasteiger charge is 2.09. The van der Waals surface area contributed by atoms with Crippen LogP contribution in [-0.2, 0) is 5.75 Å². The maximum atomic E-state index is 4.61. The fraction of sp³-hybridized carbons (Fsp3) is 0.100. The van der Waals surface area contributed by atoms with E-state index < -0.39 is 0 Å². The van der Waals surface area contributed by atoms with Crippen LogP contribution >= 0.6 is 11.8 Å². The topological polar surface area (TPSA) is 95.2 Å². The van der Waals surface area contributed by atoms with Crippen molar-refractivity contribution < 1.29 is 0 Å². The molecule has 0 radical (unpaired) electrons. The van der Waals surface area contributed by atoms with Gasteiger partial charge in [0.15, 0.2) is 5.16 Å². The third-order valence-electron chi connectivity index (χ3n) is 4.25. The van der Waals surface area contributed by atoms with Gasteiger partial charge < -0.3 is 15.3 Å². The molecule has 0 spiro atoms. The number of aryl methyl sites for hydroxylation is 1. The molecule has 28 heavy (non-hydrogen) atoms. The highest BCUT2D eigenvalue weighted by Crippen LogP contribution is 2.23. The van der Waals surface area contributed by atoms with Crippen molar-refractivity contribution in [2.45, 2.75) is 17.8 Å². The maximum Gasteiger partial charge on any atom is 0.206 e. The lowest BCUT2D eigenvalue weighted by Crippen LogP contribution is -1.99. The normalized spacial score (nSPS) is 11.3. The molecule has 5 aromatic rings. The fourth-order valence-electron chi connectivity index (χ4n) is 3.01. The minimum Gasteiger partial charge on any atom is -0.341 e. The molecule has 0 aliphatic rings. The van der Waals surface area contributed by atoms with Gasteiger partial charge >= 0.3 is 0 Å². The van der Waals surface area contributed by atoms with Crippen LogP contribution in [0.2, 0.25) is 0 Å². The molecule has 3 aromatic heterocycles. The van der Waals surface area contributed by atoms with E-state index in [0.717, 1.165) is 33.6 Å². The smallest absolute Gasteiger partial charge is 0.206 e. The van der Waals surface area contributed by atoms with E-state index in [-0.39, 0.29) is 0 Å². The summed E-state index contributed by atoms with van der Waals surface area (Å²) in [7, 11) is 0. The van der Waals surface area contributed by atoms with E-state index in [1.807, 2.05) is 61.5 Å². The summed E-state index contributed by atoms with van der Waals surface area (Å²) < 4.78 is 0. The van der Waals surface area contributed by atoms with E-state index in [4.69, 9.17) is 0 Å². The van der Waals surface area contributed by atoms with Crippen LogP contribution in [0.4, 0.5) is 11.8 Å². The molecule has 3 heterocycles. The number of rotatable bonds is 5. The fourth-order valence-corrected chi connectivity index (χ4v) is 3.78. The second-order valence-corrected chi connectivity index (χ2v) is 7.34. The van der Waals surface area contributed by atoms with Gasteiger partial charge in [0.2, 0.25) is 5.95 Å². The molecule has 2 aromatic carbocycles. The molecule has 0 fully saturated rings. The Morgan fingerprint density at radius 3 is 2.32 bits per heavy atom. The van der Waals surface area contributed by atoms with Crippen LogP contribution in [-0.4, -0.2) is 29.9 Å². The van der Waals surface area contributed by atoms with Gasteiger partial charge in [-0.2, -0.15) is 0 Å². The van der Waals surface area contributed by atoms with Gasteiger partial charge in [-0.05, 0) is 31.2 Å². The molecular formula is C20H17N7S. The van der Waals surface area contributed by atoms with Crippen LogP contribution < -0.4 is 5.32 Å². The molecule has 0 saturated carbocycles. The second-order valence-electron chi connectivity index (χ2n) is 6.39. The minimum absolute atomic E-state index is 0.660. The van der Waals surface area contributed by atoms with Crippen molar-refractivity contribution in [3.63, 3.8) is 0 Å². The zero-order valence-electron chi connectivity index (χ0n) is 15.1. The molecular weight excluding hydrogens is 370 g/mol. The number of aromatic nitrogens is 6. The van der Waals surface area contributed by atoms with Crippen molar-refractivity contribution in [1.29, 1.82) is 0 Å². The van der Waals surface area contributed by atoms with Gasteiger partial charge in [0.05, 0.1) is 27.8 Å². The summed E-state index contributed by atoms with van der Waals surface area (Å²) in [6.45, 7) is 1.96. The molecule has 0 aliphatic carbocycles. The third kappa shape index (κ3) is 3.41. The van der Waals surface area contributed by atoms with E-state index in [2.05, 4.69) is 35.2 Å². The van der Waals surface area contributed by atoms with E-state index in [0.29, 0.717) is 22.7 Å². The summed E-state index contributed by atoms with van der Waals surface area (Å²) in [6.07, 6.45) is 0. The van der Waals surface area contributed by atoms with Gasteiger partial charge in [0, 0.05) is 11.8 Å². The largest absolute Gasteiger partial charge is 0.341 e. The van der Waals surface area contributed by atoms with Crippen LogP contribution in [0.25, 0.3) is 22.1 Å². The summed E-state index contributed by atoms with van der Waals surface area (Å²) in [5.74, 6) is 2.94. The number of anilines is 2. The number of hydrogen-bond donors (Lipinski definition) is 3. The third-order valence-corrected chi connectivity index (χ3v) is 5.10. The molecule has 5 rings (SSSR count). The summed E-state index contributed by atoms with van der Waals surface area (Å²) in [5.41, 5.74) is 4.79. The Labute approximate surface area is 165 Å². The molecule has 138 valence electrons. The number of imidazole rings is 2. The van der Waals surface area contributed by atoms with E-state index in [1.54, 1.807) is 11.8 Å². The Hall–Kier alpha value is -3.39. The average Bonchev–Trinajstić information content (AvgIpc) is 3.28. The lowest BCUT2D eigenvalue weighted by Gasteiger charge is -2.06. The van der Waals surface area contributed by atoms with Gasteiger partial charge in [0.25, 0.3) is 0 Å². The Bertz CT molecular complexity index is 1210. The van der Waals surface area contributed by atoms with Crippen molar-refractivity contribution in [3.8, 4) is 0 Å². The SMILES string of the molecule is Cc1cc(Nc2nc3ccccc3[nH]2)nc(SCc2nc3ccccc3[nH]2)n1. The molecule has 0 atom stereocenters. The number of hydrogen-bond acceptors (Lipinski definition) is 6. The number of para-hydroxylation sites is 4. The van der Waals surface area contributed by atoms with E-state index >= 15 is 0 Å². The first-order chi connectivity index (χ1) is 13.7. The number of nitrogens with zero attached hydrogens (tertiary/aromatic N) is 4. The number of nitrogens with one attached hydrogen (secondary N) is 3. The molecule has 7 nitrogen and oxygen atoms in total. The van der Waals surface area contributed by atoms with Gasteiger partial charge in [0.1, 0.15) is 11.6 Å². The van der Waals surface area contributed by atoms with Crippen LogP contribution in [0.5, 0.6) is 0 Å². The average molecular weight is 387 g/mol.